The Kier molecular flexibility index (Phi) is 9.19. The zero-order chi connectivity index (χ0) is 35.6. The Balaban J connectivity index is 1.48. The summed E-state index contributed by atoms with van der Waals surface area (Å²) in [4.78, 5) is 0. The van der Waals surface area contributed by atoms with E-state index in [-0.39, 0.29) is 5.92 Å². The van der Waals surface area contributed by atoms with Crippen LogP contribution in [0.25, 0.3) is 16.8 Å². The van der Waals surface area contributed by atoms with Gasteiger partial charge < -0.3 is 0 Å². The Morgan fingerprint density at radius 3 is 1.58 bits per heavy atom. The topological polar surface area (TPSA) is 0 Å². The molecule has 0 nitrogen and oxygen atoms in total. The van der Waals surface area contributed by atoms with E-state index >= 15 is 0 Å². The highest BCUT2D eigenvalue weighted by atomic mass is 31.1. The summed E-state index contributed by atoms with van der Waals surface area (Å²) in [6.07, 6.45) is 4.98. The molecule has 0 aromatic heterocycles. The lowest BCUT2D eigenvalue weighted by Crippen LogP contribution is -2.41. The molecule has 0 aliphatic heterocycles. The van der Waals surface area contributed by atoms with Gasteiger partial charge >= 0.3 is 0 Å². The van der Waals surface area contributed by atoms with Crippen molar-refractivity contribution in [2.75, 3.05) is 0 Å². The first-order valence-electron chi connectivity index (χ1n) is 18.3. The van der Waals surface area contributed by atoms with Gasteiger partial charge in [0.05, 0.1) is 5.16 Å². The lowest BCUT2D eigenvalue weighted by molar-refractivity contribution is 0.648. The smallest absolute Gasteiger partial charge is 0.0529 e. The summed E-state index contributed by atoms with van der Waals surface area (Å²) >= 11 is 0. The normalized spacial score (nSPS) is 16.5. The van der Waals surface area contributed by atoms with Crippen molar-refractivity contribution in [1.82, 2.24) is 0 Å². The van der Waals surface area contributed by atoms with Crippen LogP contribution >= 0.6 is 15.8 Å². The molecule has 0 spiro atoms. The molecular formula is C51H39P2. The minimum absolute atomic E-state index is 0.0448. The van der Waals surface area contributed by atoms with Gasteiger partial charge in [0.2, 0.25) is 0 Å². The molecule has 2 heteroatoms. The molecule has 53 heavy (non-hydrogen) atoms. The third-order valence-corrected chi connectivity index (χ3v) is 16.1. The Morgan fingerprint density at radius 1 is 0.453 bits per heavy atom. The molecule has 0 fully saturated rings. The van der Waals surface area contributed by atoms with Crippen LogP contribution in [0, 0.1) is 6.92 Å². The average Bonchev–Trinajstić information content (AvgIpc) is 3.23. The summed E-state index contributed by atoms with van der Waals surface area (Å²) in [6.45, 7) is 4.79. The first-order valence-corrected chi connectivity index (χ1v) is 20.9. The molecule has 0 N–H and O–H groups in total. The zero-order valence-corrected chi connectivity index (χ0v) is 31.3. The van der Waals surface area contributed by atoms with Crippen LogP contribution < -0.4 is 26.5 Å². The Labute approximate surface area is 316 Å². The van der Waals surface area contributed by atoms with Gasteiger partial charge in [-0.1, -0.05) is 218 Å². The summed E-state index contributed by atoms with van der Waals surface area (Å²) in [5.41, 5.74) is 6.37. The number of fused-ring (bicyclic) bond motifs is 2. The summed E-state index contributed by atoms with van der Waals surface area (Å²) in [5.74, 6) is -0.0448. The van der Waals surface area contributed by atoms with E-state index in [1.54, 1.807) is 0 Å². The van der Waals surface area contributed by atoms with Crippen molar-refractivity contribution in [2.24, 2.45) is 0 Å². The second-order valence-electron chi connectivity index (χ2n) is 13.6. The van der Waals surface area contributed by atoms with Crippen molar-refractivity contribution in [1.29, 1.82) is 0 Å². The molecule has 1 aliphatic carbocycles. The van der Waals surface area contributed by atoms with Crippen LogP contribution in [0.3, 0.4) is 0 Å². The average molecular weight is 714 g/mol. The Morgan fingerprint density at radius 2 is 0.962 bits per heavy atom. The van der Waals surface area contributed by atoms with Gasteiger partial charge in [-0.25, -0.2) is 0 Å². The van der Waals surface area contributed by atoms with Crippen LogP contribution in [0.1, 0.15) is 33.7 Å². The summed E-state index contributed by atoms with van der Waals surface area (Å²) < 4.78 is 0. The van der Waals surface area contributed by atoms with E-state index in [1.165, 1.54) is 59.5 Å². The highest BCUT2D eigenvalue weighted by Gasteiger charge is 2.51. The molecule has 1 radical (unpaired) electrons. The highest BCUT2D eigenvalue weighted by Crippen LogP contribution is 2.67. The van der Waals surface area contributed by atoms with Gasteiger partial charge in [0.1, 0.15) is 0 Å². The van der Waals surface area contributed by atoms with E-state index in [1.807, 2.05) is 0 Å². The Hall–Kier alpha value is -5.38. The number of benzene rings is 8. The highest BCUT2D eigenvalue weighted by molar-refractivity contribution is 7.80. The van der Waals surface area contributed by atoms with Gasteiger partial charge in [0.15, 0.2) is 0 Å². The van der Waals surface area contributed by atoms with E-state index in [0.717, 1.165) is 5.56 Å². The molecular weight excluding hydrogens is 675 g/mol. The predicted octanol–water partition coefficient (Wildman–Crippen LogP) is 11.0. The van der Waals surface area contributed by atoms with E-state index in [9.17, 15) is 0 Å². The quantitative estimate of drug-likeness (QED) is 0.138. The lowest BCUT2D eigenvalue weighted by Gasteiger charge is -2.50. The number of hydrogen-bond acceptors (Lipinski definition) is 0. The maximum Gasteiger partial charge on any atom is 0.0529 e. The molecule has 1 aliphatic rings. The number of hydrogen-bond donors (Lipinski definition) is 0. The fourth-order valence-corrected chi connectivity index (χ4v) is 14.2. The van der Waals surface area contributed by atoms with Crippen LogP contribution in [0.4, 0.5) is 0 Å². The Bertz CT molecular complexity index is 2450. The second kappa shape index (κ2) is 14.6. The van der Waals surface area contributed by atoms with E-state index < -0.39 is 21.0 Å². The van der Waals surface area contributed by atoms with Crippen molar-refractivity contribution < 1.29 is 0 Å². The van der Waals surface area contributed by atoms with Crippen LogP contribution in [-0.2, 0) is 5.16 Å². The third-order valence-electron chi connectivity index (χ3n) is 10.6. The SMILES string of the molecule is [CH2]c1ccccc1C1(P(c2ccccc2)c2ccccc2)C=Cc2ccccc2C1c1c(P(c2ccccc2)c2ccccc2)ccc2ccccc12. The summed E-state index contributed by atoms with van der Waals surface area (Å²) in [6, 6.07) is 76.8. The third kappa shape index (κ3) is 5.98. The second-order valence-corrected chi connectivity index (χ2v) is 18.2. The molecule has 0 saturated heterocycles. The van der Waals surface area contributed by atoms with Gasteiger partial charge in [-0.15, -0.1) is 0 Å². The lowest BCUT2D eigenvalue weighted by atomic mass is 9.70. The minimum Gasteiger partial charge on any atom is -0.0675 e. The van der Waals surface area contributed by atoms with Gasteiger partial charge in [0.25, 0.3) is 0 Å². The van der Waals surface area contributed by atoms with Crippen molar-refractivity contribution >= 4 is 59.2 Å². The maximum absolute atomic E-state index is 4.79. The first kappa shape index (κ1) is 33.5. The van der Waals surface area contributed by atoms with Crippen LogP contribution in [-0.4, -0.2) is 0 Å². The molecule has 0 heterocycles. The monoisotopic (exact) mass is 713 g/mol. The number of allylic oxidation sites excluding steroid dienone is 1. The molecule has 253 valence electrons. The van der Waals surface area contributed by atoms with Crippen molar-refractivity contribution in [3.05, 3.63) is 247 Å². The van der Waals surface area contributed by atoms with Gasteiger partial charge in [0, 0.05) is 5.92 Å². The standard InChI is InChI=1S/C51H39P2/c1-38-20-14-19-33-47(38)51(53(43-27-10-4-11-28-43)44-29-12-5-13-30-44)37-36-40-22-16-18-32-46(40)50(51)49-45-31-17-15-21-39(45)34-35-48(49)52(41-23-6-2-7-24-41)42-25-8-3-9-26-42/h2-37,50H,1H2. The molecule has 2 atom stereocenters. The maximum atomic E-state index is 4.79. The summed E-state index contributed by atoms with van der Waals surface area (Å²) in [7, 11) is -1.98. The number of rotatable bonds is 8. The van der Waals surface area contributed by atoms with E-state index in [0.29, 0.717) is 0 Å². The molecule has 8 aromatic carbocycles. The van der Waals surface area contributed by atoms with Crippen LogP contribution in [0.15, 0.2) is 212 Å². The van der Waals surface area contributed by atoms with Gasteiger partial charge in [-0.3, -0.25) is 0 Å². The fraction of sp³-hybridized carbons (Fsp3) is 0.0392. The zero-order valence-electron chi connectivity index (χ0n) is 29.5. The molecule has 9 rings (SSSR count). The molecule has 0 saturated carbocycles. The first-order chi connectivity index (χ1) is 26.2. The van der Waals surface area contributed by atoms with E-state index in [2.05, 4.69) is 218 Å². The molecule has 0 bridgehead atoms. The molecule has 8 aromatic rings. The van der Waals surface area contributed by atoms with Gasteiger partial charge in [-0.05, 0) is 87.9 Å². The molecule has 2 unspecified atom stereocenters. The molecule has 0 amide bonds. The summed E-state index contributed by atoms with van der Waals surface area (Å²) in [5, 5.41) is 8.85. The minimum atomic E-state index is -1.05. The largest absolute Gasteiger partial charge is 0.0675 e. The van der Waals surface area contributed by atoms with Crippen LogP contribution in [0.2, 0.25) is 0 Å². The van der Waals surface area contributed by atoms with E-state index in [4.69, 9.17) is 6.92 Å². The fourth-order valence-electron chi connectivity index (χ4n) is 8.43. The van der Waals surface area contributed by atoms with Crippen molar-refractivity contribution in [2.45, 2.75) is 11.1 Å². The van der Waals surface area contributed by atoms with Gasteiger partial charge in [-0.2, -0.15) is 0 Å². The van der Waals surface area contributed by atoms with Crippen molar-refractivity contribution in [3.63, 3.8) is 0 Å². The van der Waals surface area contributed by atoms with Crippen LogP contribution in [0.5, 0.6) is 0 Å². The van der Waals surface area contributed by atoms with Crippen molar-refractivity contribution in [3.8, 4) is 0 Å². The predicted molar refractivity (Wildman–Crippen MR) is 232 cm³/mol.